The minimum absolute atomic E-state index is 0.0196. The van der Waals surface area contributed by atoms with Crippen molar-refractivity contribution in [2.24, 2.45) is 35.5 Å². The zero-order chi connectivity index (χ0) is 85.1. The molecule has 0 aliphatic heterocycles. The van der Waals surface area contributed by atoms with E-state index in [9.17, 15) is 28.8 Å². The molecule has 0 spiro atoms. The maximum Gasteiger partial charge on any atom is 0.272 e. The average Bonchev–Trinajstić information content (AvgIpc) is 1.67. The average molecular weight is 1600 g/mol. The lowest BCUT2D eigenvalue weighted by atomic mass is 10.0. The second-order valence-corrected chi connectivity index (χ2v) is 32.1. The number of ether oxygens (including phenoxy) is 6. The van der Waals surface area contributed by atoms with Crippen LogP contribution in [0.5, 0.6) is 34.5 Å². The Balaban J connectivity index is 0.000000363. The molecule has 0 aliphatic rings. The number of hydrogen-bond donors (Lipinski definition) is 6. The lowest BCUT2D eigenvalue weighted by molar-refractivity contribution is -0.122. The summed E-state index contributed by atoms with van der Waals surface area (Å²) < 4.78 is 39.5. The molecule has 115 heavy (non-hydrogen) atoms. The molecule has 2 unspecified atom stereocenters. The van der Waals surface area contributed by atoms with Crippen molar-refractivity contribution in [3.63, 3.8) is 0 Å². The van der Waals surface area contributed by atoms with Crippen molar-refractivity contribution in [1.29, 1.82) is 0 Å². The van der Waals surface area contributed by atoms with Crippen LogP contribution in [0.15, 0.2) is 72.8 Å². The van der Waals surface area contributed by atoms with E-state index in [1.807, 2.05) is 68.6 Å². The predicted molar refractivity (Wildman–Crippen MR) is 463 cm³/mol. The van der Waals surface area contributed by atoms with Gasteiger partial charge in [-0.3, -0.25) is 42.8 Å². The molecule has 3 heterocycles. The first-order valence-corrected chi connectivity index (χ1v) is 42.7. The highest BCUT2D eigenvalue weighted by atomic mass is 16.5. The van der Waals surface area contributed by atoms with Gasteiger partial charge in [0.05, 0.1) is 82.5 Å². The molecule has 3 aromatic carbocycles. The number of unbranched alkanes of at least 4 members (excludes halogenated alkanes) is 9. The van der Waals surface area contributed by atoms with Crippen molar-refractivity contribution >= 4 is 35.4 Å². The minimum atomic E-state index is -0.295. The second-order valence-electron chi connectivity index (χ2n) is 32.1. The molecule has 6 rings (SSSR count). The lowest BCUT2D eigenvalue weighted by Gasteiger charge is -2.21. The Labute approximate surface area is 689 Å². The van der Waals surface area contributed by atoms with E-state index in [1.54, 1.807) is 60.9 Å². The smallest absolute Gasteiger partial charge is 0.272 e. The third-order valence-electron chi connectivity index (χ3n) is 20.8. The van der Waals surface area contributed by atoms with Gasteiger partial charge in [-0.25, -0.2) is 0 Å². The largest absolute Gasteiger partial charge is 0.496 e. The highest BCUT2D eigenvalue weighted by molar-refractivity contribution is 5.96. The summed E-state index contributed by atoms with van der Waals surface area (Å²) in [5, 5.41) is 32.5. The van der Waals surface area contributed by atoms with E-state index in [0.717, 1.165) is 111 Å². The van der Waals surface area contributed by atoms with Crippen molar-refractivity contribution in [1.82, 2.24) is 61.2 Å². The first kappa shape index (κ1) is 98.3. The van der Waals surface area contributed by atoms with Gasteiger partial charge in [-0.1, -0.05) is 199 Å². The molecule has 24 nitrogen and oxygen atoms in total. The van der Waals surface area contributed by atoms with Gasteiger partial charge in [-0.15, -0.1) is 0 Å². The number of amides is 6. The van der Waals surface area contributed by atoms with E-state index < -0.39 is 0 Å². The summed E-state index contributed by atoms with van der Waals surface area (Å²) in [5.74, 6) is 4.95. The van der Waals surface area contributed by atoms with E-state index >= 15 is 0 Å². The Bertz CT molecular complexity index is 3790. The molecule has 6 N–H and O–H groups in total. The third kappa shape index (κ3) is 32.8. The Morgan fingerprint density at radius 3 is 0.948 bits per heavy atom. The van der Waals surface area contributed by atoms with E-state index in [2.05, 4.69) is 143 Å². The highest BCUT2D eigenvalue weighted by Crippen LogP contribution is 2.43. The van der Waals surface area contributed by atoms with E-state index in [4.69, 9.17) is 43.7 Å². The fraction of sp³-hybridized carbons (Fsp3) is 0.637. The van der Waals surface area contributed by atoms with Gasteiger partial charge in [-0.05, 0) is 136 Å². The van der Waals surface area contributed by atoms with Gasteiger partial charge in [0.1, 0.15) is 34.5 Å². The summed E-state index contributed by atoms with van der Waals surface area (Å²) in [6.07, 6.45) is 19.1. The lowest BCUT2D eigenvalue weighted by Crippen LogP contribution is -2.40. The van der Waals surface area contributed by atoms with Crippen LogP contribution in [-0.2, 0) is 27.5 Å². The van der Waals surface area contributed by atoms with Crippen LogP contribution in [0.2, 0.25) is 0 Å². The summed E-state index contributed by atoms with van der Waals surface area (Å²) in [4.78, 5) is 78.3. The third-order valence-corrected chi connectivity index (χ3v) is 20.8. The number of nitrogens with one attached hydrogen (secondary N) is 6. The zero-order valence-electron chi connectivity index (χ0n) is 74.2. The van der Waals surface area contributed by atoms with Gasteiger partial charge in [-0.2, -0.15) is 15.3 Å². The summed E-state index contributed by atoms with van der Waals surface area (Å²) >= 11 is 0. The Hall–Kier alpha value is -9.09. The first-order valence-electron chi connectivity index (χ1n) is 42.7. The van der Waals surface area contributed by atoms with Crippen LogP contribution in [-0.4, -0.2) is 145 Å². The molecule has 0 fully saturated rings. The maximum absolute atomic E-state index is 13.5. The fourth-order valence-corrected chi connectivity index (χ4v) is 13.8. The Morgan fingerprint density at radius 1 is 0.374 bits per heavy atom. The van der Waals surface area contributed by atoms with Gasteiger partial charge >= 0.3 is 0 Å². The highest BCUT2D eigenvalue weighted by Gasteiger charge is 2.31. The van der Waals surface area contributed by atoms with Crippen molar-refractivity contribution in [3.05, 3.63) is 89.9 Å². The number of methoxy groups -OCH3 is 6. The van der Waals surface area contributed by atoms with E-state index in [0.29, 0.717) is 133 Å². The van der Waals surface area contributed by atoms with E-state index in [1.165, 1.54) is 19.3 Å². The summed E-state index contributed by atoms with van der Waals surface area (Å²) in [7, 11) is 9.71. The Morgan fingerprint density at radius 2 is 0.670 bits per heavy atom. The molecule has 5 atom stereocenters. The van der Waals surface area contributed by atoms with Crippen molar-refractivity contribution < 1.29 is 57.2 Å². The number of aromatic nitrogens is 6. The zero-order valence-corrected chi connectivity index (χ0v) is 74.2. The monoisotopic (exact) mass is 1600 g/mol. The quantitative estimate of drug-likeness (QED) is 0.0194. The fourth-order valence-electron chi connectivity index (χ4n) is 13.8. The molecule has 24 heteroatoms. The van der Waals surface area contributed by atoms with E-state index in [-0.39, 0.29) is 84.8 Å². The van der Waals surface area contributed by atoms with Gasteiger partial charge in [0.25, 0.3) is 17.7 Å². The molecule has 0 bridgehead atoms. The molecule has 6 amide bonds. The van der Waals surface area contributed by atoms with Crippen LogP contribution in [0.3, 0.4) is 0 Å². The summed E-state index contributed by atoms with van der Waals surface area (Å²) in [5.41, 5.74) is 5.47. The molecular formula is C91H146N12O12. The first-order chi connectivity index (χ1) is 55.1. The van der Waals surface area contributed by atoms with Crippen LogP contribution < -0.4 is 60.3 Å². The maximum atomic E-state index is 13.5. The normalized spacial score (nSPS) is 12.5. The van der Waals surface area contributed by atoms with Crippen LogP contribution in [0.4, 0.5) is 0 Å². The van der Waals surface area contributed by atoms with Gasteiger partial charge in [0.2, 0.25) is 17.7 Å². The number of hydrogen-bond acceptors (Lipinski definition) is 15. The summed E-state index contributed by atoms with van der Waals surface area (Å²) in [6.45, 7) is 37.3. The topological polar surface area (TPSA) is 283 Å². The van der Waals surface area contributed by atoms with Crippen LogP contribution in [0.25, 0.3) is 33.8 Å². The molecule has 0 saturated heterocycles. The molecule has 6 aromatic rings. The van der Waals surface area contributed by atoms with Gasteiger partial charge < -0.3 is 60.3 Å². The van der Waals surface area contributed by atoms with Crippen molar-refractivity contribution in [2.75, 3.05) is 62.3 Å². The van der Waals surface area contributed by atoms with Crippen molar-refractivity contribution in [2.45, 2.75) is 283 Å². The summed E-state index contributed by atoms with van der Waals surface area (Å²) in [6, 6.07) is 21.4. The van der Waals surface area contributed by atoms with Gasteiger partial charge in [0.15, 0.2) is 17.1 Å². The molecule has 0 radical (unpaired) electrons. The SMILES string of the molecule is CCCCCCNC(=O)C[C@H](CC(C)C)NC(=O)c1cc(-c2c(OC)cccc2OC)n(C(C)C(C)C)n1.CCCCCCNC(=O)C[C@H](CC(C)C)NC(=O)c1cc(-c2c(OC)cccc2OC)n(CC(C)CC)n1.CCCCCCNC(=O)C[C@H](CC(C)C)NC(=O)c1cc(-c2c(OC)cccc2OC)n(CC(CC)CC)n1. The molecule has 3 aromatic heterocycles. The number of benzene rings is 3. The minimum Gasteiger partial charge on any atom is -0.496 e. The van der Waals surface area contributed by atoms with Crippen molar-refractivity contribution in [3.8, 4) is 68.3 Å². The predicted octanol–water partition coefficient (Wildman–Crippen LogP) is 18.1. The van der Waals surface area contributed by atoms with Crippen LogP contribution >= 0.6 is 0 Å². The van der Waals surface area contributed by atoms with Crippen LogP contribution in [0.1, 0.15) is 283 Å². The second kappa shape index (κ2) is 53.2. The Kier molecular flexibility index (Phi) is 45.5. The number of nitrogens with zero attached hydrogens (tertiary/aromatic N) is 6. The van der Waals surface area contributed by atoms with Gasteiger partial charge in [0, 0.05) is 70.1 Å². The molecule has 0 aliphatic carbocycles. The number of rotatable bonds is 51. The molecule has 0 saturated carbocycles. The number of carbonyl (C=O) groups is 6. The molecular weight excluding hydrogens is 1450 g/mol. The standard InChI is InChI=1S/C31H50N4O4.2C30H48N4O4/c1-8-11-12-13-17-32-29(36)19-24(18-22(4)5)33-31(37)25-20-26(35(34-25)21-23(9-2)10-3)30-27(38-6)15-14-16-28(30)39-7;1-9-10-11-12-16-31-28(35)18-23(17-20(2)3)32-30(36)24-19-25(34(33-24)22(6)21(4)5)29-26(37-7)14-13-15-27(29)38-8;1-8-10-11-12-16-31-28(35)18-23(17-21(3)4)32-30(36)24-19-25(34(33-24)20-22(5)9-2)29-26(37-6)14-13-15-27(29)38-7/h14-16,20,22-24H,8-13,17-19,21H2,1-7H3,(H,32,36)(H,33,37);13-15,19-23H,9-12,16-18H2,1-8H3,(H,31,35)(H,32,36);13-15,19,21-23H,8-12,16-18,20H2,1-7H3,(H,31,35)(H,32,36)/t24-;2*22?,23-/m000/s1. The molecule has 642 valence electrons. The van der Waals surface area contributed by atoms with Crippen LogP contribution in [0, 0.1) is 35.5 Å². The number of carbonyl (C=O) groups excluding carboxylic acids is 6.